The molecule has 0 aliphatic heterocycles. The Morgan fingerprint density at radius 1 is 1.26 bits per heavy atom. The van der Waals surface area contributed by atoms with E-state index in [0.29, 0.717) is 12.1 Å². The zero-order chi connectivity index (χ0) is 13.7. The van der Waals surface area contributed by atoms with Gasteiger partial charge in [-0.1, -0.05) is 39.5 Å². The van der Waals surface area contributed by atoms with Crippen molar-refractivity contribution in [2.24, 2.45) is 5.92 Å². The van der Waals surface area contributed by atoms with Crippen LogP contribution in [0.3, 0.4) is 0 Å². The molecule has 1 aliphatic carbocycles. The Morgan fingerprint density at radius 2 is 2.00 bits per heavy atom. The molecule has 1 atom stereocenters. The minimum Gasteiger partial charge on any atom is -0.353 e. The third-order valence-corrected chi connectivity index (χ3v) is 4.24. The maximum atomic E-state index is 4.50. The average molecular weight is 263 g/mol. The monoisotopic (exact) mass is 263 g/mol. The van der Waals surface area contributed by atoms with E-state index in [2.05, 4.69) is 41.8 Å². The molecule has 3 heteroatoms. The molecule has 3 nitrogen and oxygen atoms in total. The van der Waals surface area contributed by atoms with Crippen molar-refractivity contribution in [2.75, 3.05) is 5.32 Å². The molecule has 19 heavy (non-hydrogen) atoms. The molecule has 1 N–H and O–H groups in total. The molecular formula is C16H29N3. The van der Waals surface area contributed by atoms with Crippen LogP contribution in [0.4, 0.5) is 5.95 Å². The van der Waals surface area contributed by atoms with Crippen LogP contribution in [0.25, 0.3) is 0 Å². The molecule has 1 aromatic heterocycles. The lowest BCUT2D eigenvalue weighted by Gasteiger charge is -2.20. The van der Waals surface area contributed by atoms with Gasteiger partial charge in [0.05, 0.1) is 0 Å². The van der Waals surface area contributed by atoms with Gasteiger partial charge in [0.15, 0.2) is 0 Å². The van der Waals surface area contributed by atoms with Gasteiger partial charge in [0.1, 0.15) is 0 Å². The molecule has 1 aliphatic rings. The second-order valence-corrected chi connectivity index (χ2v) is 6.46. The van der Waals surface area contributed by atoms with Crippen molar-refractivity contribution in [3.05, 3.63) is 12.4 Å². The quantitative estimate of drug-likeness (QED) is 0.777. The number of imidazole rings is 1. The zero-order valence-corrected chi connectivity index (χ0v) is 12.7. The smallest absolute Gasteiger partial charge is 0.203 e. The van der Waals surface area contributed by atoms with Gasteiger partial charge >= 0.3 is 0 Å². The molecule has 0 aromatic carbocycles. The average Bonchev–Trinajstić information content (AvgIpc) is 3.00. The molecule has 108 valence electrons. The summed E-state index contributed by atoms with van der Waals surface area (Å²) in [5.74, 6) is 1.88. The molecule has 1 saturated carbocycles. The van der Waals surface area contributed by atoms with E-state index in [4.69, 9.17) is 0 Å². The van der Waals surface area contributed by atoms with Crippen LogP contribution in [-0.4, -0.2) is 15.6 Å². The van der Waals surface area contributed by atoms with Crippen molar-refractivity contribution in [3.8, 4) is 0 Å². The molecule has 0 spiro atoms. The summed E-state index contributed by atoms with van der Waals surface area (Å²) in [6.45, 7) is 6.91. The predicted molar refractivity (Wildman–Crippen MR) is 81.5 cm³/mol. The van der Waals surface area contributed by atoms with Gasteiger partial charge in [-0.3, -0.25) is 0 Å². The van der Waals surface area contributed by atoms with Crippen LogP contribution >= 0.6 is 0 Å². The van der Waals surface area contributed by atoms with Gasteiger partial charge in [-0.2, -0.15) is 0 Å². The number of nitrogens with zero attached hydrogens (tertiary/aromatic N) is 2. The Morgan fingerprint density at radius 3 is 2.68 bits per heavy atom. The van der Waals surface area contributed by atoms with E-state index in [-0.39, 0.29) is 0 Å². The van der Waals surface area contributed by atoms with E-state index in [1.807, 2.05) is 6.20 Å². The number of hydrogen-bond acceptors (Lipinski definition) is 2. The highest BCUT2D eigenvalue weighted by molar-refractivity contribution is 5.28. The fourth-order valence-corrected chi connectivity index (χ4v) is 2.99. The third kappa shape index (κ3) is 4.26. The van der Waals surface area contributed by atoms with Gasteiger partial charge < -0.3 is 9.88 Å². The summed E-state index contributed by atoms with van der Waals surface area (Å²) in [5, 5.41) is 3.62. The van der Waals surface area contributed by atoms with Crippen LogP contribution in [-0.2, 0) is 0 Å². The Balaban J connectivity index is 1.86. The summed E-state index contributed by atoms with van der Waals surface area (Å²) in [7, 11) is 0. The molecule has 0 saturated heterocycles. The van der Waals surface area contributed by atoms with Gasteiger partial charge in [0.25, 0.3) is 0 Å². The Kier molecular flexibility index (Phi) is 5.29. The van der Waals surface area contributed by atoms with Crippen LogP contribution in [0.15, 0.2) is 12.4 Å². The van der Waals surface area contributed by atoms with Crippen molar-refractivity contribution < 1.29 is 0 Å². The minimum absolute atomic E-state index is 0.546. The van der Waals surface area contributed by atoms with Crippen molar-refractivity contribution in [1.82, 2.24) is 9.55 Å². The summed E-state index contributed by atoms with van der Waals surface area (Å²) in [4.78, 5) is 4.50. The second kappa shape index (κ2) is 6.97. The van der Waals surface area contributed by atoms with Crippen molar-refractivity contribution >= 4 is 5.95 Å². The largest absolute Gasteiger partial charge is 0.353 e. The first-order chi connectivity index (χ1) is 9.16. The van der Waals surface area contributed by atoms with E-state index in [1.54, 1.807) is 0 Å². The van der Waals surface area contributed by atoms with Crippen LogP contribution in [0.2, 0.25) is 0 Å². The molecule has 2 rings (SSSR count). The Labute approximate surface area is 117 Å². The minimum atomic E-state index is 0.546. The first kappa shape index (κ1) is 14.4. The summed E-state index contributed by atoms with van der Waals surface area (Å²) in [5.41, 5.74) is 0. The van der Waals surface area contributed by atoms with E-state index >= 15 is 0 Å². The standard InChI is InChI=1S/C16H29N3/c1-13(2)7-6-8-14(3)19-12-11-17-16(19)18-15-9-4-5-10-15/h11-15H,4-10H2,1-3H3,(H,17,18). The highest BCUT2D eigenvalue weighted by atomic mass is 15.2. The predicted octanol–water partition coefficient (Wildman–Crippen LogP) is 4.62. The fourth-order valence-electron chi connectivity index (χ4n) is 2.99. The van der Waals surface area contributed by atoms with E-state index in [0.717, 1.165) is 11.9 Å². The zero-order valence-electron chi connectivity index (χ0n) is 12.7. The third-order valence-electron chi connectivity index (χ3n) is 4.24. The number of hydrogen-bond donors (Lipinski definition) is 1. The lowest BCUT2D eigenvalue weighted by Crippen LogP contribution is -2.19. The molecule has 1 fully saturated rings. The maximum absolute atomic E-state index is 4.50. The van der Waals surface area contributed by atoms with E-state index in [1.165, 1.54) is 44.9 Å². The van der Waals surface area contributed by atoms with Crippen molar-refractivity contribution in [1.29, 1.82) is 0 Å². The molecule has 1 heterocycles. The number of aromatic nitrogens is 2. The topological polar surface area (TPSA) is 29.9 Å². The van der Waals surface area contributed by atoms with Gasteiger partial charge in [0.2, 0.25) is 5.95 Å². The van der Waals surface area contributed by atoms with Gasteiger partial charge in [-0.05, 0) is 32.1 Å². The molecular weight excluding hydrogens is 234 g/mol. The number of nitrogens with one attached hydrogen (secondary N) is 1. The van der Waals surface area contributed by atoms with Crippen LogP contribution in [0, 0.1) is 5.92 Å². The second-order valence-electron chi connectivity index (χ2n) is 6.46. The van der Waals surface area contributed by atoms with Gasteiger partial charge in [-0.25, -0.2) is 4.98 Å². The molecule has 1 unspecified atom stereocenters. The summed E-state index contributed by atoms with van der Waals surface area (Å²) < 4.78 is 2.32. The molecule has 0 radical (unpaired) electrons. The SMILES string of the molecule is CC(C)CCCC(C)n1ccnc1NC1CCCC1. The van der Waals surface area contributed by atoms with Gasteiger partial charge in [0, 0.05) is 24.5 Å². The summed E-state index contributed by atoms with van der Waals surface area (Å²) >= 11 is 0. The Hall–Kier alpha value is -0.990. The van der Waals surface area contributed by atoms with Crippen molar-refractivity contribution in [2.45, 2.75) is 77.8 Å². The highest BCUT2D eigenvalue weighted by Gasteiger charge is 2.17. The normalized spacial score (nSPS) is 18.1. The van der Waals surface area contributed by atoms with Gasteiger partial charge in [-0.15, -0.1) is 0 Å². The molecule has 0 amide bonds. The lowest BCUT2D eigenvalue weighted by molar-refractivity contribution is 0.448. The van der Waals surface area contributed by atoms with Crippen molar-refractivity contribution in [3.63, 3.8) is 0 Å². The highest BCUT2D eigenvalue weighted by Crippen LogP contribution is 2.25. The number of rotatable bonds is 7. The number of anilines is 1. The summed E-state index contributed by atoms with van der Waals surface area (Å²) in [6.07, 6.45) is 13.2. The Bertz CT molecular complexity index is 364. The molecule has 0 bridgehead atoms. The van der Waals surface area contributed by atoms with E-state index < -0.39 is 0 Å². The summed E-state index contributed by atoms with van der Waals surface area (Å²) in [6, 6.07) is 1.19. The maximum Gasteiger partial charge on any atom is 0.203 e. The molecule has 1 aromatic rings. The van der Waals surface area contributed by atoms with E-state index in [9.17, 15) is 0 Å². The van der Waals surface area contributed by atoms with Crippen LogP contribution in [0.1, 0.15) is 71.8 Å². The fraction of sp³-hybridized carbons (Fsp3) is 0.812. The lowest BCUT2D eigenvalue weighted by atomic mass is 10.0. The van der Waals surface area contributed by atoms with Crippen LogP contribution in [0.5, 0.6) is 0 Å². The first-order valence-corrected chi connectivity index (χ1v) is 7.96. The van der Waals surface area contributed by atoms with Crippen LogP contribution < -0.4 is 5.32 Å². The first-order valence-electron chi connectivity index (χ1n) is 7.96.